The molecule has 0 spiro atoms. The monoisotopic (exact) mass is 315 g/mol. The van der Waals surface area contributed by atoms with Crippen LogP contribution in [0.15, 0.2) is 18.3 Å². The Morgan fingerprint density at radius 2 is 2.09 bits per heavy atom. The highest BCUT2D eigenvalue weighted by molar-refractivity contribution is 5.91. The predicted molar refractivity (Wildman–Crippen MR) is 73.0 cm³/mol. The maximum Gasteiger partial charge on any atom is 0.435 e. The van der Waals surface area contributed by atoms with Gasteiger partial charge in [-0.1, -0.05) is 6.92 Å². The van der Waals surface area contributed by atoms with Gasteiger partial charge in [-0.15, -0.1) is 0 Å². The molecule has 2 aromatic heterocycles. The average molecular weight is 315 g/mol. The minimum absolute atomic E-state index is 0.0561. The van der Waals surface area contributed by atoms with E-state index >= 15 is 0 Å². The molecule has 2 heterocycles. The zero-order valence-electron chi connectivity index (χ0n) is 12.3. The standard InChI is InChI=1S/C13H16F3N5O/c1-8(12(22)17-11-4-5-20(3)19-11)7-21-9(2)6-10(18-21)13(14,15)16/h4-6,8H,7H2,1-3H3,(H,17,19,22). The molecular weight excluding hydrogens is 299 g/mol. The molecule has 1 N–H and O–H groups in total. The van der Waals surface area contributed by atoms with E-state index in [9.17, 15) is 18.0 Å². The summed E-state index contributed by atoms with van der Waals surface area (Å²) >= 11 is 0. The molecule has 0 saturated carbocycles. The molecule has 2 rings (SSSR count). The van der Waals surface area contributed by atoms with Crippen molar-refractivity contribution in [3.05, 3.63) is 29.7 Å². The number of amides is 1. The highest BCUT2D eigenvalue weighted by Gasteiger charge is 2.34. The highest BCUT2D eigenvalue weighted by Crippen LogP contribution is 2.28. The van der Waals surface area contributed by atoms with Crippen molar-refractivity contribution in [1.82, 2.24) is 19.6 Å². The molecule has 0 radical (unpaired) electrons. The Labute approximate surface area is 124 Å². The number of nitrogens with one attached hydrogen (secondary N) is 1. The molecule has 120 valence electrons. The normalized spacial score (nSPS) is 13.2. The van der Waals surface area contributed by atoms with Gasteiger partial charge >= 0.3 is 6.18 Å². The fourth-order valence-corrected chi connectivity index (χ4v) is 1.91. The first-order valence-electron chi connectivity index (χ1n) is 6.59. The number of hydrogen-bond acceptors (Lipinski definition) is 3. The van der Waals surface area contributed by atoms with Gasteiger partial charge in [0.25, 0.3) is 0 Å². The summed E-state index contributed by atoms with van der Waals surface area (Å²) in [7, 11) is 1.71. The van der Waals surface area contributed by atoms with E-state index in [4.69, 9.17) is 0 Å². The van der Waals surface area contributed by atoms with Gasteiger partial charge in [0.2, 0.25) is 5.91 Å². The number of hydrogen-bond donors (Lipinski definition) is 1. The minimum Gasteiger partial charge on any atom is -0.309 e. The van der Waals surface area contributed by atoms with Gasteiger partial charge in [-0.2, -0.15) is 23.4 Å². The van der Waals surface area contributed by atoms with Gasteiger partial charge in [0, 0.05) is 25.0 Å². The van der Waals surface area contributed by atoms with E-state index in [0.29, 0.717) is 11.5 Å². The number of carbonyl (C=O) groups is 1. The molecule has 0 fully saturated rings. The van der Waals surface area contributed by atoms with Crippen LogP contribution in [0, 0.1) is 12.8 Å². The summed E-state index contributed by atoms with van der Waals surface area (Å²) in [5.41, 5.74) is -0.604. The largest absolute Gasteiger partial charge is 0.435 e. The fourth-order valence-electron chi connectivity index (χ4n) is 1.91. The van der Waals surface area contributed by atoms with Crippen LogP contribution in [-0.4, -0.2) is 25.5 Å². The lowest BCUT2D eigenvalue weighted by Gasteiger charge is -2.12. The molecule has 0 aromatic carbocycles. The van der Waals surface area contributed by atoms with Crippen molar-refractivity contribution in [2.75, 3.05) is 5.32 Å². The molecule has 1 amide bonds. The quantitative estimate of drug-likeness (QED) is 0.941. The van der Waals surface area contributed by atoms with Gasteiger partial charge < -0.3 is 5.32 Å². The maximum absolute atomic E-state index is 12.6. The van der Waals surface area contributed by atoms with E-state index in [2.05, 4.69) is 15.5 Å². The smallest absolute Gasteiger partial charge is 0.309 e. The van der Waals surface area contributed by atoms with Crippen LogP contribution in [0.4, 0.5) is 19.0 Å². The number of aryl methyl sites for hydroxylation is 2. The second kappa shape index (κ2) is 5.82. The number of nitrogens with zero attached hydrogens (tertiary/aromatic N) is 4. The van der Waals surface area contributed by atoms with Crippen molar-refractivity contribution in [1.29, 1.82) is 0 Å². The van der Waals surface area contributed by atoms with Crippen LogP contribution in [0.1, 0.15) is 18.3 Å². The van der Waals surface area contributed by atoms with E-state index in [0.717, 1.165) is 6.07 Å². The van der Waals surface area contributed by atoms with E-state index in [-0.39, 0.29) is 12.5 Å². The lowest BCUT2D eigenvalue weighted by Crippen LogP contribution is -2.25. The third-order valence-electron chi connectivity index (χ3n) is 3.13. The SMILES string of the molecule is Cc1cc(C(F)(F)F)nn1CC(C)C(=O)Nc1ccn(C)n1. The first kappa shape index (κ1) is 16.1. The van der Waals surface area contributed by atoms with E-state index in [1.54, 1.807) is 26.2 Å². The number of anilines is 1. The Morgan fingerprint density at radius 1 is 1.41 bits per heavy atom. The molecule has 9 heteroatoms. The van der Waals surface area contributed by atoms with Gasteiger partial charge in [-0.25, -0.2) is 0 Å². The Bertz CT molecular complexity index is 674. The molecule has 1 unspecified atom stereocenters. The molecule has 0 saturated heterocycles. The van der Waals surface area contributed by atoms with Crippen molar-refractivity contribution in [3.8, 4) is 0 Å². The van der Waals surface area contributed by atoms with Crippen molar-refractivity contribution < 1.29 is 18.0 Å². The van der Waals surface area contributed by atoms with Crippen LogP contribution >= 0.6 is 0 Å². The Balaban J connectivity index is 2.03. The fraction of sp³-hybridized carbons (Fsp3) is 0.462. The van der Waals surface area contributed by atoms with Crippen molar-refractivity contribution in [2.24, 2.45) is 13.0 Å². The first-order valence-corrected chi connectivity index (χ1v) is 6.59. The van der Waals surface area contributed by atoms with E-state index in [1.165, 1.54) is 16.3 Å². The van der Waals surface area contributed by atoms with Crippen LogP contribution in [0.2, 0.25) is 0 Å². The number of aromatic nitrogens is 4. The molecule has 0 aliphatic rings. The van der Waals surface area contributed by atoms with Crippen molar-refractivity contribution in [3.63, 3.8) is 0 Å². The second-order valence-corrected chi connectivity index (χ2v) is 5.12. The first-order chi connectivity index (χ1) is 10.2. The predicted octanol–water partition coefficient (Wildman–Crippen LogP) is 2.22. The minimum atomic E-state index is -4.49. The number of halogens is 3. The average Bonchev–Trinajstić information content (AvgIpc) is 2.96. The molecule has 2 aromatic rings. The van der Waals surface area contributed by atoms with Crippen LogP contribution in [-0.2, 0) is 24.6 Å². The third kappa shape index (κ3) is 3.66. The summed E-state index contributed by atoms with van der Waals surface area (Å²) in [6, 6.07) is 2.59. The highest BCUT2D eigenvalue weighted by atomic mass is 19.4. The topological polar surface area (TPSA) is 64.7 Å². The maximum atomic E-state index is 12.6. The Hall–Kier alpha value is -2.32. The van der Waals surface area contributed by atoms with Gasteiger partial charge in [0.15, 0.2) is 11.5 Å². The summed E-state index contributed by atoms with van der Waals surface area (Å²) in [6.07, 6.45) is -2.82. The van der Waals surface area contributed by atoms with E-state index in [1.807, 2.05) is 0 Å². The number of alkyl halides is 3. The van der Waals surface area contributed by atoms with Crippen LogP contribution in [0.5, 0.6) is 0 Å². The Morgan fingerprint density at radius 3 is 2.59 bits per heavy atom. The molecule has 0 bridgehead atoms. The molecule has 1 atom stereocenters. The van der Waals surface area contributed by atoms with Crippen molar-refractivity contribution >= 4 is 11.7 Å². The Kier molecular flexibility index (Phi) is 4.25. The molecule has 6 nitrogen and oxygen atoms in total. The van der Waals surface area contributed by atoms with Crippen LogP contribution in [0.25, 0.3) is 0 Å². The zero-order valence-corrected chi connectivity index (χ0v) is 12.3. The second-order valence-electron chi connectivity index (χ2n) is 5.12. The zero-order chi connectivity index (χ0) is 16.5. The van der Waals surface area contributed by atoms with Crippen LogP contribution in [0.3, 0.4) is 0 Å². The van der Waals surface area contributed by atoms with Crippen molar-refractivity contribution in [2.45, 2.75) is 26.6 Å². The molecule has 22 heavy (non-hydrogen) atoms. The lowest BCUT2D eigenvalue weighted by atomic mass is 10.1. The molecular formula is C13H16F3N5O. The summed E-state index contributed by atoms with van der Waals surface area (Å²) in [6.45, 7) is 3.19. The lowest BCUT2D eigenvalue weighted by molar-refractivity contribution is -0.141. The van der Waals surface area contributed by atoms with Gasteiger partial charge in [-0.05, 0) is 13.0 Å². The summed E-state index contributed by atoms with van der Waals surface area (Å²) in [4.78, 5) is 12.0. The van der Waals surface area contributed by atoms with E-state index < -0.39 is 17.8 Å². The summed E-state index contributed by atoms with van der Waals surface area (Å²) in [5.74, 6) is -0.489. The third-order valence-corrected chi connectivity index (χ3v) is 3.13. The summed E-state index contributed by atoms with van der Waals surface area (Å²) < 4.78 is 40.5. The summed E-state index contributed by atoms with van der Waals surface area (Å²) in [5, 5.41) is 10.1. The van der Waals surface area contributed by atoms with Gasteiger partial charge in [-0.3, -0.25) is 14.2 Å². The molecule has 0 aliphatic heterocycles. The number of carbonyl (C=O) groups excluding carboxylic acids is 1. The van der Waals surface area contributed by atoms with Gasteiger partial charge in [0.05, 0.1) is 12.5 Å². The number of rotatable bonds is 4. The molecule has 0 aliphatic carbocycles. The van der Waals surface area contributed by atoms with Gasteiger partial charge in [0.1, 0.15) is 0 Å². The van der Waals surface area contributed by atoms with Crippen LogP contribution < -0.4 is 5.32 Å².